The molecule has 2 aromatic carbocycles. The molecule has 0 unspecified atom stereocenters. The van der Waals surface area contributed by atoms with Gasteiger partial charge in [-0.25, -0.2) is 0 Å². The molecule has 3 aromatic heterocycles. The van der Waals surface area contributed by atoms with E-state index in [9.17, 15) is 5.26 Å². The Kier molecular flexibility index (Phi) is 4.35. The highest BCUT2D eigenvalue weighted by atomic mass is 35.5. The molecule has 0 aliphatic carbocycles. The van der Waals surface area contributed by atoms with Crippen molar-refractivity contribution >= 4 is 33.5 Å². The zero-order valence-electron chi connectivity index (χ0n) is 16.9. The van der Waals surface area contributed by atoms with Gasteiger partial charge in [0.25, 0.3) is 0 Å². The molecule has 0 amide bonds. The lowest BCUT2D eigenvalue weighted by molar-refractivity contribution is 0.786. The minimum atomic E-state index is 0.303. The second-order valence-corrected chi connectivity index (χ2v) is 7.85. The molecule has 0 saturated carbocycles. The number of benzene rings is 2. The van der Waals surface area contributed by atoms with E-state index in [-0.39, 0.29) is 0 Å². The van der Waals surface area contributed by atoms with E-state index in [0.29, 0.717) is 16.2 Å². The fraction of sp³-hybridized carbons (Fsp3) is 0.0833. The molecule has 1 N–H and O–H groups in total. The Balaban J connectivity index is 1.89. The molecule has 6 nitrogen and oxygen atoms in total. The molecule has 0 spiro atoms. The molecule has 3 heterocycles. The summed E-state index contributed by atoms with van der Waals surface area (Å²) in [5, 5.41) is 19.7. The maximum absolute atomic E-state index is 9.40. The van der Waals surface area contributed by atoms with Gasteiger partial charge in [-0.2, -0.15) is 5.26 Å². The van der Waals surface area contributed by atoms with Crippen LogP contribution in [0.5, 0.6) is 0 Å². The Morgan fingerprint density at radius 1 is 1.03 bits per heavy atom. The molecule has 0 saturated heterocycles. The van der Waals surface area contributed by atoms with Gasteiger partial charge in [0, 0.05) is 24.2 Å². The summed E-state index contributed by atoms with van der Waals surface area (Å²) in [7, 11) is 1.85. The summed E-state index contributed by atoms with van der Waals surface area (Å²) in [5.74, 6) is 0. The first-order valence-corrected chi connectivity index (χ1v) is 10.0. The Bertz CT molecular complexity index is 1590. The van der Waals surface area contributed by atoms with Gasteiger partial charge in [0.05, 0.1) is 50.8 Å². The average molecular weight is 425 g/mol. The van der Waals surface area contributed by atoms with Gasteiger partial charge >= 0.3 is 0 Å². The second kappa shape index (κ2) is 7.08. The van der Waals surface area contributed by atoms with Crippen molar-refractivity contribution in [2.24, 2.45) is 7.05 Å². The number of nitriles is 1. The van der Waals surface area contributed by atoms with Crippen LogP contribution in [0.2, 0.25) is 5.02 Å². The van der Waals surface area contributed by atoms with Crippen molar-refractivity contribution in [3.05, 3.63) is 82.7 Å². The van der Waals surface area contributed by atoms with Crippen molar-refractivity contribution in [1.29, 1.82) is 10.7 Å². The molecule has 0 aliphatic rings. The third kappa shape index (κ3) is 2.98. The smallest absolute Gasteiger partial charge is 0.207 e. The van der Waals surface area contributed by atoms with Crippen LogP contribution in [0.1, 0.15) is 11.1 Å². The standard InChI is InChI=1S/C24H17ClN6/c1-14-3-4-15(11-26)9-21(14)31-23-18-10-16(19-8-6-17(25)12-28-19)5-7-20(18)29-13-22(23)30(2)24(31)27/h3-10,12-13,27H,1-2H3. The molecule has 31 heavy (non-hydrogen) atoms. The van der Waals surface area contributed by atoms with Crippen molar-refractivity contribution in [3.63, 3.8) is 0 Å². The Hall–Kier alpha value is -3.95. The molecule has 7 heteroatoms. The summed E-state index contributed by atoms with van der Waals surface area (Å²) in [6, 6.07) is 17.4. The minimum absolute atomic E-state index is 0.303. The fourth-order valence-corrected chi connectivity index (χ4v) is 3.99. The second-order valence-electron chi connectivity index (χ2n) is 7.42. The van der Waals surface area contributed by atoms with E-state index >= 15 is 0 Å². The third-order valence-corrected chi connectivity index (χ3v) is 5.76. The van der Waals surface area contributed by atoms with Crippen LogP contribution in [-0.4, -0.2) is 19.1 Å². The number of hydrogen-bond donors (Lipinski definition) is 1. The maximum atomic E-state index is 9.40. The lowest BCUT2D eigenvalue weighted by Crippen LogP contribution is -2.21. The number of aryl methyl sites for hydroxylation is 2. The SMILES string of the molecule is Cc1ccc(C#N)cc1-n1c(=N)n(C)c2cnc3ccc(-c4ccc(Cl)cn4)cc3c21. The van der Waals surface area contributed by atoms with Gasteiger partial charge in [-0.05, 0) is 48.9 Å². The van der Waals surface area contributed by atoms with E-state index in [1.807, 2.05) is 61.0 Å². The molecule has 0 atom stereocenters. The van der Waals surface area contributed by atoms with Crippen molar-refractivity contribution in [2.45, 2.75) is 6.92 Å². The molecule has 5 aromatic rings. The number of fused-ring (bicyclic) bond motifs is 3. The molecule has 0 aliphatic heterocycles. The number of hydrogen-bond acceptors (Lipinski definition) is 4. The summed E-state index contributed by atoms with van der Waals surface area (Å²) in [6.45, 7) is 1.98. The molecule has 150 valence electrons. The molecule has 0 radical (unpaired) electrons. The van der Waals surface area contributed by atoms with E-state index in [1.165, 1.54) is 0 Å². The normalized spacial score (nSPS) is 11.2. The highest BCUT2D eigenvalue weighted by molar-refractivity contribution is 6.30. The number of aromatic nitrogens is 4. The predicted octanol–water partition coefficient (Wildman–Crippen LogP) is 4.89. The van der Waals surface area contributed by atoms with E-state index in [0.717, 1.165) is 44.4 Å². The van der Waals surface area contributed by atoms with Gasteiger partial charge in [0.15, 0.2) is 0 Å². The number of rotatable bonds is 2. The van der Waals surface area contributed by atoms with Crippen LogP contribution < -0.4 is 5.62 Å². The number of halogens is 1. The van der Waals surface area contributed by atoms with Gasteiger partial charge in [-0.15, -0.1) is 0 Å². The van der Waals surface area contributed by atoms with Crippen molar-refractivity contribution in [3.8, 4) is 23.0 Å². The first-order valence-electron chi connectivity index (χ1n) is 9.66. The van der Waals surface area contributed by atoms with E-state index in [1.54, 1.807) is 23.0 Å². The van der Waals surface area contributed by atoms with Crippen LogP contribution in [0, 0.1) is 23.7 Å². The third-order valence-electron chi connectivity index (χ3n) is 5.54. The summed E-state index contributed by atoms with van der Waals surface area (Å²) in [4.78, 5) is 9.05. The lowest BCUT2D eigenvalue weighted by Gasteiger charge is -2.11. The molecular formula is C24H17ClN6. The largest absolute Gasteiger partial charge is 0.312 e. The molecule has 0 fully saturated rings. The van der Waals surface area contributed by atoms with Crippen molar-refractivity contribution in [2.75, 3.05) is 0 Å². The van der Waals surface area contributed by atoms with Gasteiger partial charge in [0.1, 0.15) is 0 Å². The van der Waals surface area contributed by atoms with Gasteiger partial charge in [-0.3, -0.25) is 19.9 Å². The zero-order chi connectivity index (χ0) is 21.7. The van der Waals surface area contributed by atoms with Gasteiger partial charge in [0.2, 0.25) is 5.62 Å². The van der Waals surface area contributed by atoms with Crippen molar-refractivity contribution < 1.29 is 0 Å². The number of nitrogens with zero attached hydrogens (tertiary/aromatic N) is 5. The first kappa shape index (κ1) is 19.0. The molecule has 0 bridgehead atoms. The fourth-order valence-electron chi connectivity index (χ4n) is 3.88. The van der Waals surface area contributed by atoms with Crippen LogP contribution in [0.3, 0.4) is 0 Å². The summed E-state index contributed by atoms with van der Waals surface area (Å²) in [6.07, 6.45) is 3.41. The molecule has 5 rings (SSSR count). The Morgan fingerprint density at radius 3 is 2.61 bits per heavy atom. The van der Waals surface area contributed by atoms with E-state index in [4.69, 9.17) is 17.0 Å². The number of pyridine rings is 2. The number of imidazole rings is 1. The highest BCUT2D eigenvalue weighted by Gasteiger charge is 2.17. The van der Waals surface area contributed by atoms with Gasteiger partial charge in [-0.1, -0.05) is 23.7 Å². The zero-order valence-corrected chi connectivity index (χ0v) is 17.6. The molecular weight excluding hydrogens is 408 g/mol. The van der Waals surface area contributed by atoms with Crippen LogP contribution >= 0.6 is 11.6 Å². The lowest BCUT2D eigenvalue weighted by atomic mass is 10.1. The van der Waals surface area contributed by atoms with E-state index < -0.39 is 0 Å². The maximum Gasteiger partial charge on any atom is 0.207 e. The average Bonchev–Trinajstić information content (AvgIpc) is 3.05. The van der Waals surface area contributed by atoms with Crippen LogP contribution in [0.4, 0.5) is 0 Å². The first-order chi connectivity index (χ1) is 15.0. The monoisotopic (exact) mass is 424 g/mol. The van der Waals surface area contributed by atoms with Gasteiger partial charge < -0.3 is 4.57 Å². The summed E-state index contributed by atoms with van der Waals surface area (Å²) < 4.78 is 3.68. The van der Waals surface area contributed by atoms with Crippen LogP contribution in [-0.2, 0) is 7.05 Å². The van der Waals surface area contributed by atoms with Crippen molar-refractivity contribution in [1.82, 2.24) is 19.1 Å². The topological polar surface area (TPSA) is 83.3 Å². The summed E-state index contributed by atoms with van der Waals surface area (Å²) >= 11 is 6.00. The minimum Gasteiger partial charge on any atom is -0.312 e. The number of nitrogens with one attached hydrogen (secondary N) is 1. The Morgan fingerprint density at radius 2 is 1.87 bits per heavy atom. The Labute approximate surface area is 183 Å². The summed E-state index contributed by atoms with van der Waals surface area (Å²) in [5.41, 5.74) is 6.89. The predicted molar refractivity (Wildman–Crippen MR) is 121 cm³/mol. The highest BCUT2D eigenvalue weighted by Crippen LogP contribution is 2.30. The quantitative estimate of drug-likeness (QED) is 0.437. The van der Waals surface area contributed by atoms with E-state index in [2.05, 4.69) is 16.0 Å². The van der Waals surface area contributed by atoms with Crippen LogP contribution in [0.15, 0.2) is 60.9 Å². The van der Waals surface area contributed by atoms with Crippen LogP contribution in [0.25, 0.3) is 38.9 Å².